The lowest BCUT2D eigenvalue weighted by Gasteiger charge is -2.20. The number of benzene rings is 1. The number of thiazole rings is 1. The van der Waals surface area contributed by atoms with E-state index in [1.54, 1.807) is 0 Å². The van der Waals surface area contributed by atoms with E-state index in [-0.39, 0.29) is 5.76 Å². The summed E-state index contributed by atoms with van der Waals surface area (Å²) < 4.78 is 6.93. The molecular weight excluding hydrogens is 424 g/mol. The second-order valence-corrected chi connectivity index (χ2v) is 7.69. The summed E-state index contributed by atoms with van der Waals surface area (Å²) in [6.45, 7) is 0.982. The minimum Gasteiger partial charge on any atom is -0.395 e. The van der Waals surface area contributed by atoms with Crippen molar-refractivity contribution < 1.29 is 14.1 Å². The Balaban J connectivity index is 1.97. The van der Waals surface area contributed by atoms with Gasteiger partial charge in [-0.3, -0.25) is 19.8 Å². The minimum absolute atomic E-state index is 0.0871. The Morgan fingerprint density at radius 3 is 2.73 bits per heavy atom. The predicted octanol–water partition coefficient (Wildman–Crippen LogP) is 3.77. The second kappa shape index (κ2) is 7.52. The molecule has 8 nitrogen and oxygen atoms in total. The Hall–Kier alpha value is -2.30. The van der Waals surface area contributed by atoms with Gasteiger partial charge in [0, 0.05) is 17.6 Å². The van der Waals surface area contributed by atoms with Gasteiger partial charge in [-0.05, 0) is 38.4 Å². The van der Waals surface area contributed by atoms with Crippen LogP contribution in [0.5, 0.6) is 0 Å². The van der Waals surface area contributed by atoms with Crippen LogP contribution in [0.15, 0.2) is 39.2 Å². The highest BCUT2D eigenvalue weighted by Crippen LogP contribution is 2.32. The summed E-state index contributed by atoms with van der Waals surface area (Å²) in [5.74, 6) is -1.01. The van der Waals surface area contributed by atoms with Crippen molar-refractivity contribution in [2.75, 3.05) is 32.1 Å². The molecule has 26 heavy (non-hydrogen) atoms. The van der Waals surface area contributed by atoms with Crippen molar-refractivity contribution in [1.29, 1.82) is 0 Å². The zero-order valence-corrected chi connectivity index (χ0v) is 16.4. The molecule has 0 fully saturated rings. The first kappa shape index (κ1) is 18.5. The van der Waals surface area contributed by atoms with E-state index in [0.29, 0.717) is 18.2 Å². The lowest BCUT2D eigenvalue weighted by molar-refractivity contribution is -0.402. The Kier molecular flexibility index (Phi) is 5.35. The van der Waals surface area contributed by atoms with Crippen molar-refractivity contribution in [3.8, 4) is 0 Å². The molecule has 0 spiro atoms. The molecule has 136 valence electrons. The van der Waals surface area contributed by atoms with Crippen LogP contribution in [0.1, 0.15) is 10.6 Å². The molecule has 0 atom stereocenters. The van der Waals surface area contributed by atoms with Crippen molar-refractivity contribution in [2.24, 2.45) is 0 Å². The van der Waals surface area contributed by atoms with E-state index in [1.165, 1.54) is 28.4 Å². The third kappa shape index (κ3) is 3.92. The van der Waals surface area contributed by atoms with Crippen molar-refractivity contribution in [2.45, 2.75) is 0 Å². The summed E-state index contributed by atoms with van der Waals surface area (Å²) in [6.07, 6.45) is 0. The van der Waals surface area contributed by atoms with Gasteiger partial charge in [-0.2, -0.15) is 0 Å². The van der Waals surface area contributed by atoms with Crippen molar-refractivity contribution >= 4 is 54.4 Å². The van der Waals surface area contributed by atoms with Crippen LogP contribution in [0.2, 0.25) is 0 Å². The van der Waals surface area contributed by atoms with Gasteiger partial charge in [0.1, 0.15) is 4.92 Å². The van der Waals surface area contributed by atoms with Crippen LogP contribution in [-0.4, -0.2) is 47.9 Å². The fourth-order valence-electron chi connectivity index (χ4n) is 2.26. The van der Waals surface area contributed by atoms with Crippen molar-refractivity contribution in [3.05, 3.63) is 50.7 Å². The van der Waals surface area contributed by atoms with E-state index in [0.717, 1.165) is 14.7 Å². The number of hydrogen-bond donors (Lipinski definition) is 0. The molecule has 0 aliphatic carbocycles. The number of likely N-dealkylation sites (N-methyl/N-ethyl adjacent to an activating group) is 1. The monoisotopic (exact) mass is 438 g/mol. The van der Waals surface area contributed by atoms with E-state index in [4.69, 9.17) is 4.42 Å². The molecular formula is C16H15BrN4O4S. The number of rotatable bonds is 6. The number of anilines is 1. The Labute approximate surface area is 161 Å². The number of carbonyl (C=O) groups excluding carboxylic acids is 1. The Morgan fingerprint density at radius 1 is 1.31 bits per heavy atom. The normalized spacial score (nSPS) is 11.2. The third-order valence-electron chi connectivity index (χ3n) is 3.57. The fourth-order valence-corrected chi connectivity index (χ4v) is 3.80. The average Bonchev–Trinajstić information content (AvgIpc) is 3.20. The van der Waals surface area contributed by atoms with Crippen LogP contribution in [0.3, 0.4) is 0 Å². The molecule has 0 bridgehead atoms. The van der Waals surface area contributed by atoms with Gasteiger partial charge in [0.05, 0.1) is 16.3 Å². The molecule has 1 amide bonds. The third-order valence-corrected chi connectivity index (χ3v) is 5.10. The van der Waals surface area contributed by atoms with E-state index in [1.807, 2.05) is 37.2 Å². The molecule has 3 aromatic rings. The van der Waals surface area contributed by atoms with Gasteiger partial charge in [0.15, 0.2) is 10.9 Å². The SMILES string of the molecule is CN(C)CCN(C(=O)c1ccc([N+](=O)[O-])o1)c1nc2ccc(Br)cc2s1. The Morgan fingerprint density at radius 2 is 2.08 bits per heavy atom. The van der Waals surface area contributed by atoms with E-state index in [9.17, 15) is 14.9 Å². The number of furan rings is 1. The lowest BCUT2D eigenvalue weighted by Crippen LogP contribution is -2.36. The number of hydrogen-bond acceptors (Lipinski definition) is 7. The van der Waals surface area contributed by atoms with Crippen molar-refractivity contribution in [1.82, 2.24) is 9.88 Å². The Bertz CT molecular complexity index is 968. The number of carbonyl (C=O) groups is 1. The fraction of sp³-hybridized carbons (Fsp3) is 0.250. The molecule has 0 N–H and O–H groups in total. The van der Waals surface area contributed by atoms with Crippen LogP contribution in [-0.2, 0) is 0 Å². The first-order valence-corrected chi connectivity index (χ1v) is 9.23. The van der Waals surface area contributed by atoms with Crippen LogP contribution in [0.4, 0.5) is 11.0 Å². The van der Waals surface area contributed by atoms with Crippen LogP contribution in [0, 0.1) is 10.1 Å². The summed E-state index contributed by atoms with van der Waals surface area (Å²) in [4.78, 5) is 31.0. The number of halogens is 1. The quantitative estimate of drug-likeness (QED) is 0.429. The number of amides is 1. The van der Waals surface area contributed by atoms with Gasteiger partial charge in [-0.1, -0.05) is 27.3 Å². The standard InChI is InChI=1S/C16H15BrN4O4S/c1-19(2)7-8-20(15(22)12-5-6-14(25-12)21(23)24)16-18-11-4-3-10(17)9-13(11)26-16/h3-6,9H,7-8H2,1-2H3. The smallest absolute Gasteiger partial charge is 0.395 e. The molecule has 2 aromatic heterocycles. The minimum atomic E-state index is -0.670. The maximum Gasteiger partial charge on any atom is 0.433 e. The summed E-state index contributed by atoms with van der Waals surface area (Å²) in [5.41, 5.74) is 0.779. The molecule has 3 rings (SSSR count). The highest BCUT2D eigenvalue weighted by atomic mass is 79.9. The molecule has 0 aliphatic heterocycles. The number of nitrogens with zero attached hydrogens (tertiary/aromatic N) is 4. The molecule has 2 heterocycles. The molecule has 0 radical (unpaired) electrons. The molecule has 0 saturated carbocycles. The summed E-state index contributed by atoms with van der Waals surface area (Å²) >= 11 is 4.80. The number of nitro groups is 1. The highest BCUT2D eigenvalue weighted by Gasteiger charge is 2.26. The van der Waals surface area contributed by atoms with Crippen LogP contribution in [0.25, 0.3) is 10.2 Å². The van der Waals surface area contributed by atoms with Gasteiger partial charge in [0.2, 0.25) is 0 Å². The molecule has 0 unspecified atom stereocenters. The number of fused-ring (bicyclic) bond motifs is 1. The lowest BCUT2D eigenvalue weighted by atomic mass is 10.3. The number of aromatic nitrogens is 1. The van der Waals surface area contributed by atoms with E-state index in [2.05, 4.69) is 20.9 Å². The summed E-state index contributed by atoms with van der Waals surface area (Å²) in [6, 6.07) is 8.17. The maximum atomic E-state index is 12.9. The molecule has 0 aliphatic rings. The first-order valence-electron chi connectivity index (χ1n) is 7.62. The van der Waals surface area contributed by atoms with Crippen LogP contribution < -0.4 is 4.90 Å². The average molecular weight is 439 g/mol. The molecule has 1 aromatic carbocycles. The zero-order valence-electron chi connectivity index (χ0n) is 14.0. The molecule has 0 saturated heterocycles. The van der Waals surface area contributed by atoms with Crippen LogP contribution >= 0.6 is 27.3 Å². The zero-order chi connectivity index (χ0) is 18.8. The molecule has 10 heteroatoms. The van der Waals surface area contributed by atoms with Gasteiger partial charge < -0.3 is 9.32 Å². The maximum absolute atomic E-state index is 12.9. The largest absolute Gasteiger partial charge is 0.433 e. The topological polar surface area (TPSA) is 92.7 Å². The highest BCUT2D eigenvalue weighted by molar-refractivity contribution is 9.10. The van der Waals surface area contributed by atoms with Crippen molar-refractivity contribution in [3.63, 3.8) is 0 Å². The van der Waals surface area contributed by atoms with E-state index < -0.39 is 16.7 Å². The van der Waals surface area contributed by atoms with Gasteiger partial charge in [-0.25, -0.2) is 4.98 Å². The van der Waals surface area contributed by atoms with Gasteiger partial charge in [0.25, 0.3) is 5.91 Å². The first-order chi connectivity index (χ1) is 12.3. The van der Waals surface area contributed by atoms with E-state index >= 15 is 0 Å². The predicted molar refractivity (Wildman–Crippen MR) is 103 cm³/mol. The second-order valence-electron chi connectivity index (χ2n) is 5.76. The summed E-state index contributed by atoms with van der Waals surface area (Å²) in [7, 11) is 3.80. The van der Waals surface area contributed by atoms with Gasteiger partial charge >= 0.3 is 5.88 Å². The van der Waals surface area contributed by atoms with Gasteiger partial charge in [-0.15, -0.1) is 0 Å². The summed E-state index contributed by atoms with van der Waals surface area (Å²) in [5, 5.41) is 11.3.